The maximum atomic E-state index is 6.55. The third-order valence-electron chi connectivity index (χ3n) is 11.9. The molecule has 0 atom stereocenters. The van der Waals surface area contributed by atoms with E-state index in [1.807, 2.05) is 18.3 Å². The second kappa shape index (κ2) is 16.9. The molecule has 1 aliphatic heterocycles. The summed E-state index contributed by atoms with van der Waals surface area (Å²) in [5.41, 5.74) is 8.74. The van der Waals surface area contributed by atoms with E-state index in [9.17, 15) is 0 Å². The third-order valence-corrected chi connectivity index (χ3v) is 11.9. The summed E-state index contributed by atoms with van der Waals surface area (Å²) in [5.74, 6) is 0. The van der Waals surface area contributed by atoms with Crippen LogP contribution >= 0.6 is 0 Å². The molecule has 3 heterocycles. The van der Waals surface area contributed by atoms with E-state index in [1.54, 1.807) is 0 Å². The van der Waals surface area contributed by atoms with E-state index in [-0.39, 0.29) is 20.1 Å². The molecule has 296 valence electrons. The van der Waals surface area contributed by atoms with Crippen LogP contribution in [0.15, 0.2) is 156 Å². The predicted molar refractivity (Wildman–Crippen MR) is 249 cm³/mol. The molecule has 5 heteroatoms. The number of hydrogen-bond acceptors (Lipinski definition) is 4. The Hall–Kier alpha value is -6.00. The van der Waals surface area contributed by atoms with Crippen molar-refractivity contribution in [2.45, 2.75) is 58.9 Å². The molecule has 0 aliphatic carbocycles. The molecule has 0 amide bonds. The Morgan fingerprint density at radius 3 is 2.08 bits per heavy atom. The first-order chi connectivity index (χ1) is 29.1. The van der Waals surface area contributed by atoms with Crippen LogP contribution in [0.25, 0.3) is 76.3 Å². The van der Waals surface area contributed by atoms with Gasteiger partial charge < -0.3 is 19.2 Å². The molecule has 8 aromatic carbocycles. The van der Waals surface area contributed by atoms with Gasteiger partial charge in [-0.25, -0.2) is 0 Å². The Bertz CT molecular complexity index is 3110. The summed E-state index contributed by atoms with van der Waals surface area (Å²) < 4.78 is 6.55. The molecule has 0 saturated carbocycles. The van der Waals surface area contributed by atoms with Gasteiger partial charge >= 0.3 is 20.1 Å². The zero-order valence-electron chi connectivity index (χ0n) is 34.2. The van der Waals surface area contributed by atoms with Crippen LogP contribution in [0.5, 0.6) is 0 Å². The molecule has 0 fully saturated rings. The molecule has 0 saturated heterocycles. The summed E-state index contributed by atoms with van der Waals surface area (Å²) in [4.78, 5) is 9.31. The summed E-state index contributed by atoms with van der Waals surface area (Å²) >= 11 is 0. The molecule has 0 N–H and O–H groups in total. The van der Waals surface area contributed by atoms with E-state index in [4.69, 9.17) is 9.40 Å². The van der Waals surface area contributed by atoms with Crippen molar-refractivity contribution in [2.75, 3.05) is 9.80 Å². The molecule has 1 aliphatic rings. The van der Waals surface area contributed by atoms with Crippen LogP contribution in [0.4, 0.5) is 17.1 Å². The molecule has 11 rings (SSSR count). The van der Waals surface area contributed by atoms with Gasteiger partial charge in [0.2, 0.25) is 0 Å². The van der Waals surface area contributed by atoms with Crippen molar-refractivity contribution in [1.82, 2.24) is 4.98 Å². The zero-order valence-corrected chi connectivity index (χ0v) is 36.6. The van der Waals surface area contributed by atoms with Gasteiger partial charge in [0.1, 0.15) is 5.58 Å². The monoisotopic (exact) mass is 957 g/mol. The number of rotatable bonds is 8. The normalized spacial score (nSPS) is 12.5. The summed E-state index contributed by atoms with van der Waals surface area (Å²) in [6.07, 6.45) is 8.25. The van der Waals surface area contributed by atoms with Crippen LogP contribution in [0.2, 0.25) is 0 Å². The number of furan rings is 1. The maximum Gasteiger partial charge on any atom is 3.00 e. The quantitative estimate of drug-likeness (QED) is 0.0863. The SMILES string of the molecule is CCCCCCc1cc[c-]c(N2[CH-]N(C(C)C)c3ccccc32)c1.[Ir+3].[c-]1cc2oc3c(ccc4c5ccccc5c5ccccc5c43)c2cc1-c1nccc2ccccc12. The van der Waals surface area contributed by atoms with Crippen LogP contribution in [-0.2, 0) is 26.5 Å². The number of para-hydroxylation sites is 2. The van der Waals surface area contributed by atoms with Crippen LogP contribution in [-0.4, -0.2) is 11.0 Å². The predicted octanol–water partition coefficient (Wildman–Crippen LogP) is 15.2. The zero-order chi connectivity index (χ0) is 39.9. The fourth-order valence-electron chi connectivity index (χ4n) is 8.92. The topological polar surface area (TPSA) is 32.5 Å². The van der Waals surface area contributed by atoms with Crippen molar-refractivity contribution < 1.29 is 24.5 Å². The van der Waals surface area contributed by atoms with Gasteiger partial charge in [0.05, 0.1) is 5.58 Å². The summed E-state index contributed by atoms with van der Waals surface area (Å²) in [6, 6.07) is 58.7. The van der Waals surface area contributed by atoms with Gasteiger partial charge in [0.15, 0.2) is 0 Å². The summed E-state index contributed by atoms with van der Waals surface area (Å²) in [7, 11) is 0. The molecule has 0 unspecified atom stereocenters. The Morgan fingerprint density at radius 1 is 0.650 bits per heavy atom. The van der Waals surface area contributed by atoms with Crippen molar-refractivity contribution in [3.8, 4) is 11.3 Å². The minimum absolute atomic E-state index is 0. The number of pyridine rings is 1. The largest absolute Gasteiger partial charge is 3.00 e. The number of aryl methyl sites for hydroxylation is 1. The van der Waals surface area contributed by atoms with Crippen LogP contribution < -0.4 is 9.80 Å². The smallest absolute Gasteiger partial charge is 0.500 e. The Kier molecular flexibility index (Phi) is 11.1. The molecule has 0 radical (unpaired) electrons. The van der Waals surface area contributed by atoms with Gasteiger partial charge in [0, 0.05) is 28.3 Å². The fraction of sp³-hybridized carbons (Fsp3) is 0.164. The molecule has 10 aromatic rings. The molecule has 60 heavy (non-hydrogen) atoms. The number of hydrogen-bond donors (Lipinski definition) is 0. The standard InChI is InChI=1S/C33H18NO.C22H28N2.Ir/c1-2-8-22-20(7-1)17-18-34-32(22)21-13-16-30-29(19-21)28-15-14-27-25-11-4-3-9-23(25)24-10-5-6-12-26(24)31(27)33(28)35-30;1-4-5-6-7-11-19-12-10-13-20(16-19)24-17-23(18(2)3)21-14-8-9-15-22(21)24;/h1-12,14-19H;8-10,12,14-18H,4-7,11H2,1-3H3;/q-1;-2;+3. The first kappa shape index (κ1) is 39.5. The molecule has 4 nitrogen and oxygen atoms in total. The van der Waals surface area contributed by atoms with E-state index >= 15 is 0 Å². The number of anilines is 3. The van der Waals surface area contributed by atoms with Gasteiger partial charge in [-0.15, -0.1) is 35.5 Å². The fourth-order valence-corrected chi connectivity index (χ4v) is 8.92. The van der Waals surface area contributed by atoms with E-state index in [1.165, 1.54) is 74.9 Å². The van der Waals surface area contributed by atoms with E-state index < -0.39 is 0 Å². The average Bonchev–Trinajstić information content (AvgIpc) is 3.87. The summed E-state index contributed by atoms with van der Waals surface area (Å²) in [5, 5.41) is 11.9. The van der Waals surface area contributed by atoms with E-state index in [0.29, 0.717) is 6.04 Å². The van der Waals surface area contributed by atoms with Crippen molar-refractivity contribution in [1.29, 1.82) is 0 Å². The van der Waals surface area contributed by atoms with Gasteiger partial charge in [-0.1, -0.05) is 141 Å². The van der Waals surface area contributed by atoms with E-state index in [0.717, 1.165) is 56.1 Å². The average molecular weight is 957 g/mol. The Balaban J connectivity index is 0.000000163. The van der Waals surface area contributed by atoms with Crippen molar-refractivity contribution in [2.24, 2.45) is 0 Å². The molecule has 2 aromatic heterocycles. The van der Waals surface area contributed by atoms with Crippen molar-refractivity contribution >= 4 is 82.1 Å². The first-order valence-electron chi connectivity index (χ1n) is 21.0. The van der Waals surface area contributed by atoms with Crippen molar-refractivity contribution in [3.63, 3.8) is 0 Å². The number of unbranched alkanes of at least 4 members (excludes halogenated alkanes) is 3. The number of nitrogens with zero attached hydrogens (tertiary/aromatic N) is 3. The Labute approximate surface area is 365 Å². The second-order valence-corrected chi connectivity index (χ2v) is 15.9. The van der Waals surface area contributed by atoms with Crippen LogP contribution in [0.3, 0.4) is 0 Å². The minimum atomic E-state index is 0. The maximum absolute atomic E-state index is 6.55. The van der Waals surface area contributed by atoms with Gasteiger partial charge in [-0.2, -0.15) is 30.4 Å². The van der Waals surface area contributed by atoms with E-state index in [2.05, 4.69) is 183 Å². The van der Waals surface area contributed by atoms with Crippen molar-refractivity contribution in [3.05, 3.63) is 176 Å². The van der Waals surface area contributed by atoms with Gasteiger partial charge in [-0.3, -0.25) is 0 Å². The molecule has 0 spiro atoms. The molecular formula is C55H46IrN3O. The number of aromatic nitrogens is 1. The summed E-state index contributed by atoms with van der Waals surface area (Å²) in [6.45, 7) is 8.92. The van der Waals surface area contributed by atoms with Crippen LogP contribution in [0, 0.1) is 18.8 Å². The number of benzene rings is 8. The molecular weight excluding hydrogens is 911 g/mol. The second-order valence-electron chi connectivity index (χ2n) is 15.9. The minimum Gasteiger partial charge on any atom is -0.500 e. The molecule has 0 bridgehead atoms. The third kappa shape index (κ3) is 7.10. The van der Waals surface area contributed by atoms with Gasteiger partial charge in [-0.05, 0) is 81.5 Å². The van der Waals surface area contributed by atoms with Gasteiger partial charge in [0.25, 0.3) is 0 Å². The first-order valence-corrected chi connectivity index (χ1v) is 21.0. The van der Waals surface area contributed by atoms with Crippen LogP contribution in [0.1, 0.15) is 52.0 Å². The Morgan fingerprint density at radius 2 is 1.32 bits per heavy atom. The number of fused-ring (bicyclic) bond motifs is 12.